The summed E-state index contributed by atoms with van der Waals surface area (Å²) >= 11 is 0. The van der Waals surface area contributed by atoms with E-state index < -0.39 is 0 Å². The number of ether oxygens (including phenoxy) is 1. The van der Waals surface area contributed by atoms with Crippen LogP contribution in [0, 0.1) is 6.92 Å². The molecule has 0 saturated heterocycles. The van der Waals surface area contributed by atoms with Crippen molar-refractivity contribution in [3.05, 3.63) is 35.7 Å². The maximum absolute atomic E-state index is 5.84. The molecule has 1 aromatic carbocycles. The van der Waals surface area contributed by atoms with Gasteiger partial charge in [0.2, 0.25) is 11.7 Å². The van der Waals surface area contributed by atoms with E-state index in [9.17, 15) is 0 Å². The first kappa shape index (κ1) is 12.7. The number of hydrogen-bond acceptors (Lipinski definition) is 5. The fourth-order valence-corrected chi connectivity index (χ4v) is 1.77. The maximum Gasteiger partial charge on any atom is 0.228 e. The summed E-state index contributed by atoms with van der Waals surface area (Å²) < 4.78 is 10.2. The highest BCUT2D eigenvalue weighted by Crippen LogP contribution is 2.19. The molecular formula is C13H17N3O2. The summed E-state index contributed by atoms with van der Waals surface area (Å²) in [6.45, 7) is 2.49. The third kappa shape index (κ3) is 2.94. The van der Waals surface area contributed by atoms with Gasteiger partial charge in [0, 0.05) is 25.1 Å². The molecule has 2 aromatic rings. The number of nitrogens with zero attached hydrogens (tertiary/aromatic N) is 2. The molecule has 0 spiro atoms. The van der Waals surface area contributed by atoms with Crippen molar-refractivity contribution in [2.75, 3.05) is 13.7 Å². The molecule has 0 radical (unpaired) electrons. The van der Waals surface area contributed by atoms with Gasteiger partial charge >= 0.3 is 0 Å². The minimum Gasteiger partial charge on any atom is -0.383 e. The van der Waals surface area contributed by atoms with Crippen LogP contribution in [-0.4, -0.2) is 29.9 Å². The molecule has 96 valence electrons. The van der Waals surface area contributed by atoms with E-state index in [1.54, 1.807) is 7.11 Å². The van der Waals surface area contributed by atoms with Crippen molar-refractivity contribution in [1.29, 1.82) is 0 Å². The van der Waals surface area contributed by atoms with Crippen LogP contribution in [0.5, 0.6) is 0 Å². The summed E-state index contributed by atoms with van der Waals surface area (Å²) in [4.78, 5) is 4.35. The number of aryl methyl sites for hydroxylation is 1. The Morgan fingerprint density at radius 1 is 1.39 bits per heavy atom. The van der Waals surface area contributed by atoms with Crippen LogP contribution in [0.3, 0.4) is 0 Å². The quantitative estimate of drug-likeness (QED) is 0.867. The van der Waals surface area contributed by atoms with Crippen LogP contribution in [0.15, 0.2) is 28.8 Å². The molecule has 0 aliphatic heterocycles. The molecule has 1 aromatic heterocycles. The van der Waals surface area contributed by atoms with Crippen LogP contribution < -0.4 is 5.73 Å². The lowest BCUT2D eigenvalue weighted by molar-refractivity contribution is 0.176. The second-order valence-corrected chi connectivity index (χ2v) is 4.25. The molecule has 0 saturated carbocycles. The van der Waals surface area contributed by atoms with Gasteiger partial charge in [-0.2, -0.15) is 4.98 Å². The fraction of sp³-hybridized carbons (Fsp3) is 0.385. The van der Waals surface area contributed by atoms with Crippen molar-refractivity contribution >= 4 is 0 Å². The smallest absolute Gasteiger partial charge is 0.228 e. The molecule has 0 aliphatic carbocycles. The van der Waals surface area contributed by atoms with Gasteiger partial charge in [0.05, 0.1) is 6.61 Å². The van der Waals surface area contributed by atoms with Crippen molar-refractivity contribution in [3.63, 3.8) is 0 Å². The van der Waals surface area contributed by atoms with Crippen molar-refractivity contribution in [2.24, 2.45) is 5.73 Å². The van der Waals surface area contributed by atoms with Gasteiger partial charge in [-0.05, 0) is 12.5 Å². The van der Waals surface area contributed by atoms with Gasteiger partial charge in [-0.15, -0.1) is 0 Å². The van der Waals surface area contributed by atoms with Crippen LogP contribution in [0.2, 0.25) is 0 Å². The molecule has 18 heavy (non-hydrogen) atoms. The van der Waals surface area contributed by atoms with Crippen LogP contribution >= 0.6 is 0 Å². The van der Waals surface area contributed by atoms with E-state index in [-0.39, 0.29) is 6.04 Å². The predicted octanol–water partition coefficient (Wildman–Crippen LogP) is 1.56. The Morgan fingerprint density at radius 3 is 2.89 bits per heavy atom. The second kappa shape index (κ2) is 5.75. The van der Waals surface area contributed by atoms with Crippen LogP contribution in [0.4, 0.5) is 0 Å². The first-order chi connectivity index (χ1) is 8.70. The number of hydrogen-bond donors (Lipinski definition) is 1. The van der Waals surface area contributed by atoms with Crippen molar-refractivity contribution < 1.29 is 9.26 Å². The first-order valence-corrected chi connectivity index (χ1v) is 5.84. The predicted molar refractivity (Wildman–Crippen MR) is 68.0 cm³/mol. The number of methoxy groups -OCH3 is 1. The number of rotatable bonds is 5. The Labute approximate surface area is 106 Å². The number of nitrogens with two attached hydrogens (primary N) is 1. The van der Waals surface area contributed by atoms with Gasteiger partial charge in [0.1, 0.15) is 0 Å². The van der Waals surface area contributed by atoms with Gasteiger partial charge < -0.3 is 15.0 Å². The standard InChI is InChI=1S/C13H17N3O2/c1-9-5-3-4-6-11(9)13-15-12(18-16-13)7-10(14)8-17-2/h3-6,10H,7-8,14H2,1-2H3. The van der Waals surface area contributed by atoms with Crippen LogP contribution in [-0.2, 0) is 11.2 Å². The number of benzene rings is 1. The third-order valence-electron chi connectivity index (χ3n) is 2.67. The van der Waals surface area contributed by atoms with Gasteiger partial charge in [0.25, 0.3) is 0 Å². The fourth-order valence-electron chi connectivity index (χ4n) is 1.77. The van der Waals surface area contributed by atoms with Crippen molar-refractivity contribution in [1.82, 2.24) is 10.1 Å². The molecule has 0 fully saturated rings. The Balaban J connectivity index is 2.13. The largest absolute Gasteiger partial charge is 0.383 e. The topological polar surface area (TPSA) is 74.2 Å². The van der Waals surface area contributed by atoms with Crippen molar-refractivity contribution in [2.45, 2.75) is 19.4 Å². The Morgan fingerprint density at radius 2 is 2.17 bits per heavy atom. The zero-order chi connectivity index (χ0) is 13.0. The normalized spacial score (nSPS) is 12.6. The molecule has 2 N–H and O–H groups in total. The molecular weight excluding hydrogens is 230 g/mol. The monoisotopic (exact) mass is 247 g/mol. The molecule has 5 nitrogen and oxygen atoms in total. The maximum atomic E-state index is 5.84. The zero-order valence-electron chi connectivity index (χ0n) is 10.6. The molecule has 1 heterocycles. The van der Waals surface area contributed by atoms with E-state index in [1.165, 1.54) is 0 Å². The third-order valence-corrected chi connectivity index (χ3v) is 2.67. The number of aromatic nitrogens is 2. The summed E-state index contributed by atoms with van der Waals surface area (Å²) in [6.07, 6.45) is 0.521. The average Bonchev–Trinajstić information content (AvgIpc) is 2.78. The molecule has 0 aliphatic rings. The lowest BCUT2D eigenvalue weighted by Gasteiger charge is -2.05. The lowest BCUT2D eigenvalue weighted by atomic mass is 10.1. The molecule has 0 amide bonds. The average molecular weight is 247 g/mol. The highest BCUT2D eigenvalue weighted by Gasteiger charge is 2.13. The highest BCUT2D eigenvalue weighted by atomic mass is 16.5. The summed E-state index contributed by atoms with van der Waals surface area (Å²) in [5, 5.41) is 3.98. The van der Waals surface area contributed by atoms with Gasteiger partial charge in [-0.25, -0.2) is 0 Å². The Bertz CT molecular complexity index is 510. The second-order valence-electron chi connectivity index (χ2n) is 4.25. The van der Waals surface area contributed by atoms with E-state index in [2.05, 4.69) is 10.1 Å². The van der Waals surface area contributed by atoms with E-state index in [0.717, 1.165) is 11.1 Å². The molecule has 2 rings (SSSR count). The summed E-state index contributed by atoms with van der Waals surface area (Å²) in [6, 6.07) is 7.80. The van der Waals surface area contributed by atoms with E-state index >= 15 is 0 Å². The van der Waals surface area contributed by atoms with E-state index in [1.807, 2.05) is 31.2 Å². The first-order valence-electron chi connectivity index (χ1n) is 5.84. The SMILES string of the molecule is COCC(N)Cc1nc(-c2ccccc2C)no1. The van der Waals surface area contributed by atoms with E-state index in [0.29, 0.717) is 24.7 Å². The molecule has 1 unspecified atom stereocenters. The van der Waals surface area contributed by atoms with Crippen LogP contribution in [0.1, 0.15) is 11.5 Å². The molecule has 0 bridgehead atoms. The minimum absolute atomic E-state index is 0.125. The Hall–Kier alpha value is -1.72. The summed E-state index contributed by atoms with van der Waals surface area (Å²) in [5.74, 6) is 1.14. The molecule has 5 heteroatoms. The van der Waals surface area contributed by atoms with Crippen molar-refractivity contribution in [3.8, 4) is 11.4 Å². The van der Waals surface area contributed by atoms with E-state index in [4.69, 9.17) is 15.0 Å². The van der Waals surface area contributed by atoms with Gasteiger partial charge in [-0.3, -0.25) is 0 Å². The lowest BCUT2D eigenvalue weighted by Crippen LogP contribution is -2.28. The molecule has 1 atom stereocenters. The minimum atomic E-state index is -0.125. The summed E-state index contributed by atoms with van der Waals surface area (Å²) in [7, 11) is 1.62. The zero-order valence-corrected chi connectivity index (χ0v) is 10.6. The van der Waals surface area contributed by atoms with Crippen LogP contribution in [0.25, 0.3) is 11.4 Å². The van der Waals surface area contributed by atoms with Gasteiger partial charge in [-0.1, -0.05) is 29.4 Å². The summed E-state index contributed by atoms with van der Waals surface area (Å²) in [5.41, 5.74) is 7.94. The van der Waals surface area contributed by atoms with Gasteiger partial charge in [0.15, 0.2) is 0 Å². The Kier molecular flexibility index (Phi) is 4.07. The highest BCUT2D eigenvalue weighted by molar-refractivity contribution is 5.58.